The molecule has 5 heteroatoms. The lowest BCUT2D eigenvalue weighted by molar-refractivity contribution is -0.118. The second kappa shape index (κ2) is 6.20. The van der Waals surface area contributed by atoms with Gasteiger partial charge in [-0.3, -0.25) is 9.79 Å². The van der Waals surface area contributed by atoms with Crippen molar-refractivity contribution in [1.29, 1.82) is 0 Å². The molecule has 4 aliphatic rings. The molecule has 1 saturated heterocycles. The molecule has 1 saturated carbocycles. The number of thioether (sulfide) groups is 1. The number of para-hydroxylation sites is 1. The van der Waals surface area contributed by atoms with Crippen LogP contribution in [0.3, 0.4) is 0 Å². The first kappa shape index (κ1) is 15.5. The summed E-state index contributed by atoms with van der Waals surface area (Å²) in [5.74, 6) is 1.44. The van der Waals surface area contributed by atoms with Crippen LogP contribution in [-0.4, -0.2) is 35.5 Å². The van der Waals surface area contributed by atoms with Crippen LogP contribution in [0.1, 0.15) is 24.8 Å². The van der Waals surface area contributed by atoms with Gasteiger partial charge in [-0.2, -0.15) is 0 Å². The quantitative estimate of drug-likeness (QED) is 0.847. The van der Waals surface area contributed by atoms with Crippen LogP contribution < -0.4 is 10.2 Å². The Morgan fingerprint density at radius 2 is 2.16 bits per heavy atom. The molecule has 2 aliphatic heterocycles. The van der Waals surface area contributed by atoms with Gasteiger partial charge in [0.2, 0.25) is 5.91 Å². The smallest absolute Gasteiger partial charge is 0.239 e. The Bertz CT molecular complexity index is 759. The third-order valence-corrected chi connectivity index (χ3v) is 7.11. The van der Waals surface area contributed by atoms with Gasteiger partial charge in [-0.1, -0.05) is 42.1 Å². The number of rotatable bonds is 4. The highest BCUT2D eigenvalue weighted by Gasteiger charge is 2.37. The summed E-state index contributed by atoms with van der Waals surface area (Å²) in [7, 11) is 0. The van der Waals surface area contributed by atoms with Crippen molar-refractivity contribution in [3.63, 3.8) is 0 Å². The zero-order valence-electron chi connectivity index (χ0n) is 14.2. The van der Waals surface area contributed by atoms with Gasteiger partial charge in [-0.25, -0.2) is 0 Å². The predicted molar refractivity (Wildman–Crippen MR) is 103 cm³/mol. The van der Waals surface area contributed by atoms with Crippen LogP contribution in [0.4, 0.5) is 5.69 Å². The molecule has 0 spiro atoms. The molecule has 0 aromatic heterocycles. The number of nitrogens with one attached hydrogen (secondary N) is 1. The molecule has 4 nitrogen and oxygen atoms in total. The largest absolute Gasteiger partial charge is 0.371 e. The van der Waals surface area contributed by atoms with Crippen molar-refractivity contribution in [2.24, 2.45) is 16.8 Å². The highest BCUT2D eigenvalue weighted by Crippen LogP contribution is 2.41. The van der Waals surface area contributed by atoms with Crippen LogP contribution in [0.15, 0.2) is 41.4 Å². The first-order valence-electron chi connectivity index (χ1n) is 9.33. The Hall–Kier alpha value is -1.75. The summed E-state index contributed by atoms with van der Waals surface area (Å²) in [6.07, 6.45) is 9.03. The van der Waals surface area contributed by atoms with Crippen molar-refractivity contribution < 1.29 is 4.79 Å². The SMILES string of the molecule is O=C1NC(=NC2CC3C=CC2C3)SC1CCN1CCc2ccccc21. The number of fused-ring (bicyclic) bond motifs is 3. The number of amides is 1. The molecule has 130 valence electrons. The molecule has 1 aromatic carbocycles. The van der Waals surface area contributed by atoms with Crippen LogP contribution in [0.25, 0.3) is 0 Å². The Morgan fingerprint density at radius 3 is 3.00 bits per heavy atom. The molecule has 2 bridgehead atoms. The average molecular weight is 353 g/mol. The van der Waals surface area contributed by atoms with E-state index in [0.29, 0.717) is 17.9 Å². The molecule has 2 fully saturated rings. The van der Waals surface area contributed by atoms with Crippen LogP contribution in [0.2, 0.25) is 0 Å². The molecule has 1 amide bonds. The van der Waals surface area contributed by atoms with Crippen molar-refractivity contribution in [2.45, 2.75) is 37.0 Å². The minimum atomic E-state index is 0.000597. The Balaban J connectivity index is 1.20. The molecule has 1 aromatic rings. The van der Waals surface area contributed by atoms with Crippen molar-refractivity contribution in [3.8, 4) is 0 Å². The number of anilines is 1. The normalized spacial score (nSPS) is 34.2. The van der Waals surface area contributed by atoms with Gasteiger partial charge in [0.25, 0.3) is 0 Å². The van der Waals surface area contributed by atoms with Gasteiger partial charge in [0.05, 0.1) is 11.3 Å². The minimum Gasteiger partial charge on any atom is -0.371 e. The first-order chi connectivity index (χ1) is 12.3. The van der Waals surface area contributed by atoms with Crippen molar-refractivity contribution in [3.05, 3.63) is 42.0 Å². The lowest BCUT2D eigenvalue weighted by Crippen LogP contribution is -2.29. The fourth-order valence-corrected chi connectivity index (χ4v) is 5.63. The summed E-state index contributed by atoms with van der Waals surface area (Å²) >= 11 is 1.64. The maximum absolute atomic E-state index is 12.3. The lowest BCUT2D eigenvalue weighted by atomic mass is 10.0. The van der Waals surface area contributed by atoms with Crippen LogP contribution >= 0.6 is 11.8 Å². The van der Waals surface area contributed by atoms with E-state index in [9.17, 15) is 4.79 Å². The van der Waals surface area contributed by atoms with Crippen LogP contribution in [-0.2, 0) is 11.2 Å². The zero-order valence-corrected chi connectivity index (χ0v) is 15.0. The number of allylic oxidation sites excluding steroid dienone is 1. The van der Waals surface area contributed by atoms with Crippen LogP contribution in [0, 0.1) is 11.8 Å². The second-order valence-electron chi connectivity index (χ2n) is 7.53. The highest BCUT2D eigenvalue weighted by atomic mass is 32.2. The summed E-state index contributed by atoms with van der Waals surface area (Å²) in [4.78, 5) is 19.6. The summed E-state index contributed by atoms with van der Waals surface area (Å²) < 4.78 is 0. The summed E-state index contributed by atoms with van der Waals surface area (Å²) in [5.41, 5.74) is 2.77. The predicted octanol–water partition coefficient (Wildman–Crippen LogP) is 2.99. The van der Waals surface area contributed by atoms with Gasteiger partial charge in [-0.15, -0.1) is 0 Å². The van der Waals surface area contributed by atoms with Gasteiger partial charge in [0.15, 0.2) is 5.17 Å². The summed E-state index contributed by atoms with van der Waals surface area (Å²) in [5, 5.41) is 3.87. The molecule has 1 N–H and O–H groups in total. The van der Waals surface area contributed by atoms with Crippen molar-refractivity contribution in [2.75, 3.05) is 18.0 Å². The standard InChI is InChI=1S/C20H23N3OS/c24-19-18(8-10-23-9-7-14-3-1-2-4-17(14)23)25-20(22-19)21-16-12-13-5-6-15(16)11-13/h1-6,13,15-16,18H,7-12H2,(H,21,22,24). The molecule has 0 radical (unpaired) electrons. The van der Waals surface area contributed by atoms with E-state index in [1.54, 1.807) is 11.8 Å². The van der Waals surface area contributed by atoms with Crippen molar-refractivity contribution in [1.82, 2.24) is 5.32 Å². The number of benzene rings is 1. The molecule has 4 unspecified atom stereocenters. The number of carbonyl (C=O) groups is 1. The molecule has 2 aliphatic carbocycles. The Labute approximate surface area is 152 Å². The molecule has 5 rings (SSSR count). The first-order valence-corrected chi connectivity index (χ1v) is 10.2. The fourth-order valence-electron chi connectivity index (χ4n) is 4.62. The highest BCUT2D eigenvalue weighted by molar-refractivity contribution is 8.15. The van der Waals surface area contributed by atoms with E-state index in [4.69, 9.17) is 4.99 Å². The molecular formula is C20H23N3OS. The monoisotopic (exact) mass is 353 g/mol. The fraction of sp³-hybridized carbons (Fsp3) is 0.500. The third-order valence-electron chi connectivity index (χ3n) is 5.95. The number of carbonyl (C=O) groups excluding carboxylic acids is 1. The van der Waals surface area contributed by atoms with E-state index >= 15 is 0 Å². The van der Waals surface area contributed by atoms with E-state index in [0.717, 1.165) is 37.5 Å². The Kier molecular flexibility index (Phi) is 3.85. The molecule has 4 atom stereocenters. The average Bonchev–Trinajstić information content (AvgIpc) is 3.37. The van der Waals surface area contributed by atoms with E-state index in [-0.39, 0.29) is 11.2 Å². The summed E-state index contributed by atoms with van der Waals surface area (Å²) in [6, 6.07) is 8.99. The van der Waals surface area contributed by atoms with E-state index in [1.165, 1.54) is 17.7 Å². The van der Waals surface area contributed by atoms with Crippen molar-refractivity contribution >= 4 is 28.5 Å². The Morgan fingerprint density at radius 1 is 1.24 bits per heavy atom. The minimum absolute atomic E-state index is 0.000597. The molecular weight excluding hydrogens is 330 g/mol. The maximum atomic E-state index is 12.3. The molecule has 2 heterocycles. The number of hydrogen-bond acceptors (Lipinski definition) is 4. The van der Waals surface area contributed by atoms with E-state index in [2.05, 4.69) is 46.6 Å². The van der Waals surface area contributed by atoms with Gasteiger partial charge in [0, 0.05) is 18.8 Å². The van der Waals surface area contributed by atoms with Crippen LogP contribution in [0.5, 0.6) is 0 Å². The van der Waals surface area contributed by atoms with E-state index in [1.807, 2.05) is 0 Å². The number of aliphatic imine (C=N–C) groups is 1. The van der Waals surface area contributed by atoms with Gasteiger partial charge < -0.3 is 10.2 Å². The van der Waals surface area contributed by atoms with Gasteiger partial charge >= 0.3 is 0 Å². The second-order valence-corrected chi connectivity index (χ2v) is 8.72. The van der Waals surface area contributed by atoms with Gasteiger partial charge in [0.1, 0.15) is 0 Å². The molecule has 25 heavy (non-hydrogen) atoms. The number of hydrogen-bond donors (Lipinski definition) is 1. The van der Waals surface area contributed by atoms with E-state index < -0.39 is 0 Å². The third kappa shape index (κ3) is 2.88. The van der Waals surface area contributed by atoms with Gasteiger partial charge in [-0.05, 0) is 49.1 Å². The summed E-state index contributed by atoms with van der Waals surface area (Å²) in [6.45, 7) is 2.00. The maximum Gasteiger partial charge on any atom is 0.239 e. The topological polar surface area (TPSA) is 44.7 Å². The number of amidine groups is 1. The zero-order chi connectivity index (χ0) is 16.8. The lowest BCUT2D eigenvalue weighted by Gasteiger charge is -2.20. The number of nitrogens with zero attached hydrogens (tertiary/aromatic N) is 2.